The van der Waals surface area contributed by atoms with Crippen molar-refractivity contribution in [2.75, 3.05) is 26.0 Å². The van der Waals surface area contributed by atoms with Crippen molar-refractivity contribution < 1.29 is 4.74 Å². The van der Waals surface area contributed by atoms with E-state index in [1.807, 2.05) is 23.9 Å². The highest BCUT2D eigenvalue weighted by Gasteiger charge is 2.29. The molecular weight excluding hydrogens is 220 g/mol. The van der Waals surface area contributed by atoms with Crippen molar-refractivity contribution in [1.29, 1.82) is 0 Å². The summed E-state index contributed by atoms with van der Waals surface area (Å²) in [5.41, 5.74) is 1.28. The Hall–Kier alpha value is -1.16. The van der Waals surface area contributed by atoms with Gasteiger partial charge in [-0.1, -0.05) is 23.9 Å². The van der Waals surface area contributed by atoms with Crippen LogP contribution in [0.2, 0.25) is 0 Å². The lowest BCUT2D eigenvalue weighted by Gasteiger charge is -2.12. The Kier molecular flexibility index (Phi) is 2.52. The molecule has 0 saturated carbocycles. The van der Waals surface area contributed by atoms with Crippen molar-refractivity contribution in [1.82, 2.24) is 4.90 Å². The van der Waals surface area contributed by atoms with Crippen LogP contribution >= 0.6 is 11.8 Å². The standard InChI is InChI=1S/C12H14N2OS/c1-15-10-4-2-9(3-5-10)11-8-14-6-7-16-12(14)13-11/h2-5,11H,6-8H2,1H3/t11-/m1/s1. The van der Waals surface area contributed by atoms with Gasteiger partial charge in [-0.15, -0.1) is 0 Å². The number of methoxy groups -OCH3 is 1. The highest BCUT2D eigenvalue weighted by molar-refractivity contribution is 8.14. The predicted molar refractivity (Wildman–Crippen MR) is 67.2 cm³/mol. The summed E-state index contributed by atoms with van der Waals surface area (Å²) < 4.78 is 5.16. The number of thioether (sulfide) groups is 1. The normalized spacial score (nSPS) is 23.2. The average Bonchev–Trinajstić information content (AvgIpc) is 2.89. The van der Waals surface area contributed by atoms with Crippen LogP contribution in [0.25, 0.3) is 0 Å². The number of hydrogen-bond donors (Lipinski definition) is 0. The first-order chi connectivity index (χ1) is 7.86. The van der Waals surface area contributed by atoms with Crippen molar-refractivity contribution >= 4 is 16.9 Å². The van der Waals surface area contributed by atoms with Gasteiger partial charge in [0.1, 0.15) is 5.75 Å². The molecule has 0 N–H and O–H groups in total. The number of amidine groups is 1. The smallest absolute Gasteiger partial charge is 0.160 e. The van der Waals surface area contributed by atoms with Gasteiger partial charge < -0.3 is 9.64 Å². The molecule has 0 bridgehead atoms. The zero-order valence-corrected chi connectivity index (χ0v) is 10.0. The fourth-order valence-electron chi connectivity index (χ4n) is 2.11. The molecule has 0 amide bonds. The maximum atomic E-state index is 5.16. The van der Waals surface area contributed by atoms with Crippen LogP contribution in [0.15, 0.2) is 29.3 Å². The maximum absolute atomic E-state index is 5.16. The molecule has 0 aliphatic carbocycles. The Morgan fingerprint density at radius 1 is 1.38 bits per heavy atom. The third-order valence-electron chi connectivity index (χ3n) is 3.02. The molecular formula is C12H14N2OS. The van der Waals surface area contributed by atoms with E-state index < -0.39 is 0 Å². The molecule has 1 aromatic rings. The summed E-state index contributed by atoms with van der Waals surface area (Å²) in [6.45, 7) is 2.19. The van der Waals surface area contributed by atoms with Crippen LogP contribution < -0.4 is 4.74 Å². The molecule has 84 valence electrons. The van der Waals surface area contributed by atoms with Gasteiger partial charge in [-0.05, 0) is 17.7 Å². The van der Waals surface area contributed by atoms with Crippen LogP contribution in [0, 0.1) is 0 Å². The van der Waals surface area contributed by atoms with E-state index in [2.05, 4.69) is 17.0 Å². The molecule has 0 aromatic heterocycles. The van der Waals surface area contributed by atoms with E-state index in [-0.39, 0.29) is 0 Å². The van der Waals surface area contributed by atoms with Crippen molar-refractivity contribution in [3.63, 3.8) is 0 Å². The SMILES string of the molecule is COc1ccc([C@H]2CN3CCSC3=N2)cc1. The number of ether oxygens (including phenoxy) is 1. The molecule has 1 aromatic carbocycles. The van der Waals surface area contributed by atoms with Crippen LogP contribution in [0.5, 0.6) is 5.75 Å². The third-order valence-corrected chi connectivity index (χ3v) is 4.03. The summed E-state index contributed by atoms with van der Waals surface area (Å²) in [4.78, 5) is 7.12. The lowest BCUT2D eigenvalue weighted by Crippen LogP contribution is -2.21. The number of rotatable bonds is 2. The number of fused-ring (bicyclic) bond motifs is 1. The van der Waals surface area contributed by atoms with Crippen LogP contribution in [0.4, 0.5) is 0 Å². The highest BCUT2D eigenvalue weighted by Crippen LogP contribution is 2.32. The fourth-order valence-corrected chi connectivity index (χ4v) is 3.16. The fraction of sp³-hybridized carbons (Fsp3) is 0.417. The van der Waals surface area contributed by atoms with Gasteiger partial charge in [0.25, 0.3) is 0 Å². The molecule has 0 unspecified atom stereocenters. The second kappa shape index (κ2) is 4.01. The van der Waals surface area contributed by atoms with Gasteiger partial charge in [0.15, 0.2) is 5.17 Å². The Labute approximate surface area is 99.5 Å². The molecule has 2 aliphatic rings. The zero-order valence-electron chi connectivity index (χ0n) is 9.22. The minimum absolute atomic E-state index is 0.314. The van der Waals surface area contributed by atoms with Gasteiger partial charge in [0, 0.05) is 18.8 Å². The van der Waals surface area contributed by atoms with E-state index >= 15 is 0 Å². The van der Waals surface area contributed by atoms with Gasteiger partial charge in [-0.3, -0.25) is 4.99 Å². The summed E-state index contributed by atoms with van der Waals surface area (Å²) in [5.74, 6) is 2.10. The number of aliphatic imine (C=N–C) groups is 1. The summed E-state index contributed by atoms with van der Waals surface area (Å²) in [6.07, 6.45) is 0. The first kappa shape index (κ1) is 10.0. The van der Waals surface area contributed by atoms with E-state index in [1.54, 1.807) is 7.11 Å². The van der Waals surface area contributed by atoms with E-state index in [4.69, 9.17) is 9.73 Å². The molecule has 3 nitrogen and oxygen atoms in total. The molecule has 2 heterocycles. The van der Waals surface area contributed by atoms with Gasteiger partial charge in [0.2, 0.25) is 0 Å². The summed E-state index contributed by atoms with van der Waals surface area (Å²) in [6, 6.07) is 8.55. The van der Waals surface area contributed by atoms with Crippen molar-refractivity contribution in [2.45, 2.75) is 6.04 Å². The Balaban J connectivity index is 1.80. The Bertz CT molecular complexity index is 416. The molecule has 16 heavy (non-hydrogen) atoms. The van der Waals surface area contributed by atoms with Crippen LogP contribution in [0.1, 0.15) is 11.6 Å². The largest absolute Gasteiger partial charge is 0.497 e. The second-order valence-corrected chi connectivity index (χ2v) is 5.06. The van der Waals surface area contributed by atoms with Gasteiger partial charge in [-0.25, -0.2) is 0 Å². The van der Waals surface area contributed by atoms with E-state index in [9.17, 15) is 0 Å². The first-order valence-electron chi connectivity index (χ1n) is 5.46. The molecule has 1 atom stereocenters. The highest BCUT2D eigenvalue weighted by atomic mass is 32.2. The molecule has 1 fully saturated rings. The Morgan fingerprint density at radius 3 is 2.88 bits per heavy atom. The van der Waals surface area contributed by atoms with Crippen molar-refractivity contribution in [3.05, 3.63) is 29.8 Å². The molecule has 0 radical (unpaired) electrons. The first-order valence-corrected chi connectivity index (χ1v) is 6.45. The van der Waals surface area contributed by atoms with E-state index in [0.717, 1.165) is 18.8 Å². The maximum Gasteiger partial charge on any atom is 0.160 e. The van der Waals surface area contributed by atoms with Gasteiger partial charge in [0.05, 0.1) is 13.2 Å². The molecule has 1 saturated heterocycles. The van der Waals surface area contributed by atoms with E-state index in [1.165, 1.54) is 16.5 Å². The topological polar surface area (TPSA) is 24.8 Å². The zero-order chi connectivity index (χ0) is 11.0. The number of benzene rings is 1. The molecule has 0 spiro atoms. The minimum atomic E-state index is 0.314. The number of nitrogens with zero attached hydrogens (tertiary/aromatic N) is 2. The molecule has 3 rings (SSSR count). The summed E-state index contributed by atoms with van der Waals surface area (Å²) >= 11 is 1.87. The lowest BCUT2D eigenvalue weighted by atomic mass is 10.1. The monoisotopic (exact) mass is 234 g/mol. The second-order valence-electron chi connectivity index (χ2n) is 4.00. The predicted octanol–water partition coefficient (Wildman–Crippen LogP) is 2.15. The van der Waals surface area contributed by atoms with Crippen molar-refractivity contribution in [2.24, 2.45) is 4.99 Å². The van der Waals surface area contributed by atoms with E-state index in [0.29, 0.717) is 6.04 Å². The Morgan fingerprint density at radius 2 is 2.19 bits per heavy atom. The minimum Gasteiger partial charge on any atom is -0.497 e. The molecule has 2 aliphatic heterocycles. The van der Waals surface area contributed by atoms with Crippen molar-refractivity contribution in [3.8, 4) is 5.75 Å². The number of hydrogen-bond acceptors (Lipinski definition) is 4. The summed E-state index contributed by atoms with van der Waals surface area (Å²) in [5, 5.41) is 1.22. The van der Waals surface area contributed by atoms with Crippen LogP contribution in [-0.2, 0) is 0 Å². The van der Waals surface area contributed by atoms with Crippen LogP contribution in [0.3, 0.4) is 0 Å². The third kappa shape index (κ3) is 1.67. The quantitative estimate of drug-likeness (QED) is 0.784. The summed E-state index contributed by atoms with van der Waals surface area (Å²) in [7, 11) is 1.69. The van der Waals surface area contributed by atoms with Gasteiger partial charge >= 0.3 is 0 Å². The average molecular weight is 234 g/mol. The van der Waals surface area contributed by atoms with Crippen LogP contribution in [-0.4, -0.2) is 36.0 Å². The van der Waals surface area contributed by atoms with Gasteiger partial charge in [-0.2, -0.15) is 0 Å². The molecule has 4 heteroatoms. The lowest BCUT2D eigenvalue weighted by molar-refractivity contribution is 0.414.